The normalized spacial score (nSPS) is 11.7. The molecule has 0 aromatic rings. The van der Waals surface area contributed by atoms with Gasteiger partial charge in [0.2, 0.25) is 0 Å². The predicted molar refractivity (Wildman–Crippen MR) is 137 cm³/mol. The topological polar surface area (TPSA) is 104 Å². The van der Waals surface area contributed by atoms with Crippen molar-refractivity contribution in [3.05, 3.63) is 0 Å². The number of quaternary nitrogens is 1. The molecule has 0 aliphatic heterocycles. The zero-order valence-electron chi connectivity index (χ0n) is 22.1. The van der Waals surface area contributed by atoms with Crippen LogP contribution in [0.2, 0.25) is 0 Å². The number of esters is 1. The molecular formula is C25H55NO6P+. The number of aliphatic hydroxyl groups is 1. The van der Waals surface area contributed by atoms with Crippen molar-refractivity contribution in [2.75, 3.05) is 47.1 Å². The summed E-state index contributed by atoms with van der Waals surface area (Å²) < 4.78 is 16.3. The van der Waals surface area contributed by atoms with Crippen molar-refractivity contribution in [3.63, 3.8) is 0 Å². The van der Waals surface area contributed by atoms with Crippen LogP contribution in [0.3, 0.4) is 0 Å². The van der Waals surface area contributed by atoms with Crippen LogP contribution in [0.1, 0.15) is 110 Å². The van der Waals surface area contributed by atoms with E-state index in [9.17, 15) is 9.36 Å². The fourth-order valence-corrected chi connectivity index (χ4v) is 3.62. The van der Waals surface area contributed by atoms with Crippen LogP contribution in [0, 0.1) is 0 Å². The fraction of sp³-hybridized carbons (Fsp3) is 0.960. The maximum Gasteiger partial charge on any atom is 0.328 e. The molecular weight excluding hydrogens is 441 g/mol. The molecule has 0 bridgehead atoms. The minimum absolute atomic E-state index is 0.193. The van der Waals surface area contributed by atoms with Crippen molar-refractivity contribution in [2.24, 2.45) is 0 Å². The highest BCUT2D eigenvalue weighted by Crippen LogP contribution is 2.33. The first-order valence-electron chi connectivity index (χ1n) is 13.1. The summed E-state index contributed by atoms with van der Waals surface area (Å²) in [4.78, 5) is 28.7. The molecule has 0 atom stereocenters. The Morgan fingerprint density at radius 1 is 0.758 bits per heavy atom. The molecule has 0 aromatic carbocycles. The molecule has 0 spiro atoms. The van der Waals surface area contributed by atoms with Gasteiger partial charge in [0.25, 0.3) is 0 Å². The average molecular weight is 497 g/mol. The lowest BCUT2D eigenvalue weighted by Crippen LogP contribution is -2.36. The van der Waals surface area contributed by atoms with E-state index in [4.69, 9.17) is 19.6 Å². The van der Waals surface area contributed by atoms with E-state index in [0.29, 0.717) is 6.42 Å². The van der Waals surface area contributed by atoms with Crippen LogP contribution >= 0.6 is 7.60 Å². The number of rotatable bonds is 21. The van der Waals surface area contributed by atoms with Crippen LogP contribution in [0.15, 0.2) is 0 Å². The van der Waals surface area contributed by atoms with Gasteiger partial charge < -0.3 is 24.1 Å². The molecule has 0 heterocycles. The standard InChI is InChI=1S/C20H41O5P.C5H14NO/c1-2-3-4-5-6-7-8-9-10-11-12-13-14-15-16-17-20(21)25-18-19-26(22,23)24;1-6(2,3)4-5-7/h2-19H2,1H3,(H2,22,23,24);7H,4-5H2,1-3H3/q;+1. The van der Waals surface area contributed by atoms with Crippen molar-refractivity contribution in [2.45, 2.75) is 110 Å². The van der Waals surface area contributed by atoms with Crippen LogP contribution in [0.4, 0.5) is 0 Å². The molecule has 8 heteroatoms. The third-order valence-corrected chi connectivity index (χ3v) is 6.17. The van der Waals surface area contributed by atoms with Crippen molar-refractivity contribution >= 4 is 13.6 Å². The summed E-state index contributed by atoms with van der Waals surface area (Å²) in [5.41, 5.74) is 0. The Morgan fingerprint density at radius 3 is 1.45 bits per heavy atom. The summed E-state index contributed by atoms with van der Waals surface area (Å²) in [6, 6.07) is 0. The zero-order chi connectivity index (χ0) is 25.4. The van der Waals surface area contributed by atoms with Gasteiger partial charge in [-0.25, -0.2) is 0 Å². The molecule has 33 heavy (non-hydrogen) atoms. The van der Waals surface area contributed by atoms with E-state index in [1.54, 1.807) is 0 Å². The Morgan fingerprint density at radius 2 is 1.15 bits per heavy atom. The molecule has 0 saturated heterocycles. The first-order valence-corrected chi connectivity index (χ1v) is 14.9. The lowest BCUT2D eigenvalue weighted by atomic mass is 10.0. The molecule has 0 saturated carbocycles. The van der Waals surface area contributed by atoms with Gasteiger partial charge in [0, 0.05) is 6.42 Å². The highest BCUT2D eigenvalue weighted by Gasteiger charge is 2.13. The minimum Gasteiger partial charge on any atom is -0.465 e. The van der Waals surface area contributed by atoms with Crippen LogP contribution in [-0.4, -0.2) is 72.4 Å². The Hall–Kier alpha value is -0.460. The number of nitrogens with zero attached hydrogens (tertiary/aromatic N) is 1. The lowest BCUT2D eigenvalue weighted by molar-refractivity contribution is -0.870. The molecule has 0 fully saturated rings. The van der Waals surface area contributed by atoms with Crippen LogP contribution in [0.5, 0.6) is 0 Å². The predicted octanol–water partition coefficient (Wildman–Crippen LogP) is 5.65. The highest BCUT2D eigenvalue weighted by molar-refractivity contribution is 7.51. The Bertz CT molecular complexity index is 476. The summed E-state index contributed by atoms with van der Waals surface area (Å²) in [5, 5.41) is 8.39. The molecule has 0 amide bonds. The zero-order valence-corrected chi connectivity index (χ0v) is 23.0. The van der Waals surface area contributed by atoms with Gasteiger partial charge in [0.05, 0.1) is 33.9 Å². The van der Waals surface area contributed by atoms with E-state index in [-0.39, 0.29) is 19.2 Å². The highest BCUT2D eigenvalue weighted by atomic mass is 31.2. The van der Waals surface area contributed by atoms with E-state index in [1.165, 1.54) is 77.0 Å². The monoisotopic (exact) mass is 496 g/mol. The van der Waals surface area contributed by atoms with Crippen molar-refractivity contribution in [3.8, 4) is 0 Å². The van der Waals surface area contributed by atoms with Gasteiger partial charge in [-0.15, -0.1) is 0 Å². The van der Waals surface area contributed by atoms with E-state index in [1.807, 2.05) is 0 Å². The summed E-state index contributed by atoms with van der Waals surface area (Å²) in [5.74, 6) is -0.354. The molecule has 0 aliphatic carbocycles. The van der Waals surface area contributed by atoms with Gasteiger partial charge in [-0.1, -0.05) is 96.8 Å². The lowest BCUT2D eigenvalue weighted by Gasteiger charge is -2.21. The molecule has 0 radical (unpaired) electrons. The Balaban J connectivity index is 0. The second-order valence-electron chi connectivity index (χ2n) is 10.0. The number of unbranched alkanes of at least 4 members (excludes halogenated alkanes) is 14. The SMILES string of the molecule is CCCCCCCCCCCCCCCCCC(=O)OCCP(=O)(O)O.C[N+](C)(C)CCO. The van der Waals surface area contributed by atoms with E-state index in [2.05, 4.69) is 28.1 Å². The quantitative estimate of drug-likeness (QED) is 0.0820. The van der Waals surface area contributed by atoms with Crippen molar-refractivity contribution in [1.29, 1.82) is 0 Å². The molecule has 200 valence electrons. The summed E-state index contributed by atoms with van der Waals surface area (Å²) in [6.45, 7) is 3.18. The van der Waals surface area contributed by atoms with Gasteiger partial charge in [-0.2, -0.15) is 0 Å². The van der Waals surface area contributed by atoms with Crippen LogP contribution in [-0.2, 0) is 14.1 Å². The van der Waals surface area contributed by atoms with Gasteiger partial charge in [-0.05, 0) is 6.42 Å². The second-order valence-corrected chi connectivity index (χ2v) is 11.8. The molecule has 0 unspecified atom stereocenters. The number of aliphatic hydroxyl groups excluding tert-OH is 1. The molecule has 0 aromatic heterocycles. The number of ether oxygens (including phenoxy) is 1. The maximum absolute atomic E-state index is 11.4. The molecule has 7 nitrogen and oxygen atoms in total. The fourth-order valence-electron chi connectivity index (χ4n) is 3.29. The van der Waals surface area contributed by atoms with Gasteiger partial charge in [-0.3, -0.25) is 9.36 Å². The minimum atomic E-state index is -4.06. The Labute approximate surface area is 204 Å². The largest absolute Gasteiger partial charge is 0.465 e. The number of hydrogen-bond acceptors (Lipinski definition) is 4. The number of carbonyl (C=O) groups excluding carboxylic acids is 1. The van der Waals surface area contributed by atoms with Gasteiger partial charge in [0.1, 0.15) is 13.2 Å². The third-order valence-electron chi connectivity index (χ3n) is 5.40. The first kappa shape index (κ1) is 34.7. The summed E-state index contributed by atoms with van der Waals surface area (Å²) in [7, 11) is 2.09. The average Bonchev–Trinajstić information content (AvgIpc) is 2.69. The first-order chi connectivity index (χ1) is 15.5. The number of carbonyl (C=O) groups is 1. The molecule has 0 aliphatic rings. The summed E-state index contributed by atoms with van der Waals surface area (Å²) in [6.07, 6.45) is 19.2. The van der Waals surface area contributed by atoms with Crippen molar-refractivity contribution in [1.82, 2.24) is 0 Å². The molecule has 3 N–H and O–H groups in total. The number of likely N-dealkylation sites (N-methyl/N-ethyl adjacent to an activating group) is 1. The number of hydrogen-bond donors (Lipinski definition) is 3. The van der Waals surface area contributed by atoms with E-state index >= 15 is 0 Å². The van der Waals surface area contributed by atoms with Crippen LogP contribution < -0.4 is 0 Å². The van der Waals surface area contributed by atoms with E-state index in [0.717, 1.165) is 30.3 Å². The van der Waals surface area contributed by atoms with E-state index < -0.39 is 13.8 Å². The Kier molecular flexibility index (Phi) is 24.5. The summed E-state index contributed by atoms with van der Waals surface area (Å²) >= 11 is 0. The molecule has 0 rings (SSSR count). The van der Waals surface area contributed by atoms with Crippen molar-refractivity contribution < 1.29 is 33.5 Å². The second kappa shape index (κ2) is 23.3. The van der Waals surface area contributed by atoms with Gasteiger partial charge >= 0.3 is 13.6 Å². The van der Waals surface area contributed by atoms with Crippen LogP contribution in [0.25, 0.3) is 0 Å². The smallest absolute Gasteiger partial charge is 0.328 e. The third kappa shape index (κ3) is 36.3. The van der Waals surface area contributed by atoms with Gasteiger partial charge in [0.15, 0.2) is 0 Å². The maximum atomic E-state index is 11.4.